The molecule has 134 valence electrons. The molecule has 2 N–H and O–H groups in total. The fourth-order valence-corrected chi connectivity index (χ4v) is 2.81. The van der Waals surface area contributed by atoms with Gasteiger partial charge in [0.05, 0.1) is 28.6 Å². The van der Waals surface area contributed by atoms with Gasteiger partial charge < -0.3 is 19.7 Å². The molecule has 0 aliphatic carbocycles. The number of carbonyl (C=O) groups is 2. The predicted octanol–water partition coefficient (Wildman–Crippen LogP) is 2.56. The van der Waals surface area contributed by atoms with Crippen LogP contribution in [-0.4, -0.2) is 40.3 Å². The second-order valence-electron chi connectivity index (χ2n) is 5.85. The summed E-state index contributed by atoms with van der Waals surface area (Å²) in [6, 6.07) is 13.0. The minimum absolute atomic E-state index is 0.0681. The minimum Gasteiger partial charge on any atom is -0.478 e. The molecule has 2 aromatic carbocycles. The number of anilines is 1. The number of carboxylic acid groups (broad SMARTS) is 1. The number of fused-ring (bicyclic) bond motifs is 1. The van der Waals surface area contributed by atoms with E-state index < -0.39 is 5.97 Å². The maximum Gasteiger partial charge on any atom is 0.335 e. The Labute approximate surface area is 150 Å². The monoisotopic (exact) mass is 353 g/mol. The zero-order valence-corrected chi connectivity index (χ0v) is 14.3. The normalized spacial score (nSPS) is 10.8. The largest absolute Gasteiger partial charge is 0.478 e. The molecule has 0 saturated heterocycles. The zero-order chi connectivity index (χ0) is 18.5. The lowest BCUT2D eigenvalue weighted by molar-refractivity contribution is -0.119. The van der Waals surface area contributed by atoms with Crippen LogP contribution >= 0.6 is 0 Å². The average Bonchev–Trinajstić information content (AvgIpc) is 3.04. The Hall–Kier alpha value is -3.19. The van der Waals surface area contributed by atoms with Gasteiger partial charge in [-0.05, 0) is 24.1 Å². The van der Waals surface area contributed by atoms with Crippen LogP contribution < -0.4 is 5.32 Å². The highest BCUT2D eigenvalue weighted by atomic mass is 16.5. The van der Waals surface area contributed by atoms with Crippen molar-refractivity contribution in [2.75, 3.05) is 19.0 Å². The molecule has 7 nitrogen and oxygen atoms in total. The van der Waals surface area contributed by atoms with Crippen LogP contribution in [0.25, 0.3) is 11.0 Å². The third-order valence-electron chi connectivity index (χ3n) is 3.99. The van der Waals surface area contributed by atoms with Crippen molar-refractivity contribution in [3.8, 4) is 0 Å². The summed E-state index contributed by atoms with van der Waals surface area (Å²) in [5.41, 5.74) is 2.87. The van der Waals surface area contributed by atoms with E-state index in [0.29, 0.717) is 23.3 Å². The minimum atomic E-state index is -1.08. The molecule has 1 amide bonds. The lowest BCUT2D eigenvalue weighted by atomic mass is 10.1. The zero-order valence-electron chi connectivity index (χ0n) is 14.3. The van der Waals surface area contributed by atoms with Gasteiger partial charge in [-0.25, -0.2) is 9.78 Å². The van der Waals surface area contributed by atoms with E-state index in [1.165, 1.54) is 24.8 Å². The molecule has 0 bridgehead atoms. The van der Waals surface area contributed by atoms with Crippen LogP contribution in [0.2, 0.25) is 0 Å². The lowest BCUT2D eigenvalue weighted by Crippen LogP contribution is -2.18. The average molecular weight is 353 g/mol. The number of aryl methyl sites for hydroxylation is 2. The predicted molar refractivity (Wildman–Crippen MR) is 97.3 cm³/mol. The van der Waals surface area contributed by atoms with Crippen LogP contribution in [0.1, 0.15) is 15.9 Å². The quantitative estimate of drug-likeness (QED) is 0.681. The molecule has 0 spiro atoms. The molecular formula is C19H19N3O4. The van der Waals surface area contributed by atoms with Crippen molar-refractivity contribution >= 4 is 28.6 Å². The van der Waals surface area contributed by atoms with Crippen LogP contribution in [0.15, 0.2) is 48.8 Å². The van der Waals surface area contributed by atoms with E-state index in [-0.39, 0.29) is 18.1 Å². The molecule has 3 aromatic rings. The van der Waals surface area contributed by atoms with Crippen molar-refractivity contribution in [1.82, 2.24) is 9.55 Å². The van der Waals surface area contributed by atoms with Crippen molar-refractivity contribution in [3.05, 3.63) is 59.9 Å². The van der Waals surface area contributed by atoms with Crippen LogP contribution in [0.4, 0.5) is 5.69 Å². The molecule has 0 atom stereocenters. The topological polar surface area (TPSA) is 93.4 Å². The Morgan fingerprint density at radius 3 is 2.69 bits per heavy atom. The summed E-state index contributed by atoms with van der Waals surface area (Å²) in [5, 5.41) is 12.0. The summed E-state index contributed by atoms with van der Waals surface area (Å²) in [4.78, 5) is 27.6. The standard InChI is InChI=1S/C19H19N3O4/c1-26-11-17(23)21-16-10-14(19(24)25)9-15-18(16)22(12-20-15)8-7-13-5-3-2-4-6-13/h2-6,9-10,12H,7-8,11H2,1H3,(H,21,23)(H,24,25). The number of ether oxygens (including phenoxy) is 1. The third kappa shape index (κ3) is 3.89. The second-order valence-corrected chi connectivity index (χ2v) is 5.85. The SMILES string of the molecule is COCC(=O)Nc1cc(C(=O)O)cc2ncn(CCc3ccccc3)c12. The molecule has 0 fully saturated rings. The number of rotatable bonds is 7. The van der Waals surface area contributed by atoms with E-state index in [9.17, 15) is 14.7 Å². The van der Waals surface area contributed by atoms with E-state index in [1.54, 1.807) is 6.33 Å². The van der Waals surface area contributed by atoms with Gasteiger partial charge in [-0.3, -0.25) is 4.79 Å². The summed E-state index contributed by atoms with van der Waals surface area (Å²) in [6.07, 6.45) is 2.45. The Morgan fingerprint density at radius 1 is 1.23 bits per heavy atom. The number of hydrogen-bond acceptors (Lipinski definition) is 4. The molecule has 0 radical (unpaired) electrons. The molecule has 0 aliphatic heterocycles. The number of imidazole rings is 1. The first-order valence-corrected chi connectivity index (χ1v) is 8.13. The fraction of sp³-hybridized carbons (Fsp3) is 0.211. The van der Waals surface area contributed by atoms with Crippen molar-refractivity contribution in [2.24, 2.45) is 0 Å². The van der Waals surface area contributed by atoms with Crippen LogP contribution in [0.5, 0.6) is 0 Å². The number of aromatic carboxylic acids is 1. The van der Waals surface area contributed by atoms with E-state index in [4.69, 9.17) is 4.74 Å². The van der Waals surface area contributed by atoms with Crippen molar-refractivity contribution in [2.45, 2.75) is 13.0 Å². The third-order valence-corrected chi connectivity index (χ3v) is 3.99. The Bertz CT molecular complexity index is 935. The summed E-state index contributed by atoms with van der Waals surface area (Å²) in [6.45, 7) is 0.539. The van der Waals surface area contributed by atoms with E-state index in [0.717, 1.165) is 6.42 Å². The molecular weight excluding hydrogens is 334 g/mol. The van der Waals surface area contributed by atoms with Gasteiger partial charge in [0, 0.05) is 13.7 Å². The van der Waals surface area contributed by atoms with E-state index in [2.05, 4.69) is 10.3 Å². The summed E-state index contributed by atoms with van der Waals surface area (Å²) < 4.78 is 6.74. The van der Waals surface area contributed by atoms with Gasteiger partial charge in [0.15, 0.2) is 0 Å². The number of amides is 1. The molecule has 1 aromatic heterocycles. The molecule has 0 aliphatic rings. The van der Waals surface area contributed by atoms with Crippen LogP contribution in [-0.2, 0) is 22.5 Å². The Morgan fingerprint density at radius 2 is 2.00 bits per heavy atom. The first kappa shape index (κ1) is 17.6. The molecule has 0 saturated carbocycles. The number of carbonyl (C=O) groups excluding carboxylic acids is 1. The number of nitrogens with one attached hydrogen (secondary N) is 1. The molecule has 3 rings (SSSR count). The summed E-state index contributed by atoms with van der Waals surface area (Å²) in [7, 11) is 1.42. The Balaban J connectivity index is 1.96. The summed E-state index contributed by atoms with van der Waals surface area (Å²) in [5.74, 6) is -1.43. The number of carboxylic acids is 1. The van der Waals surface area contributed by atoms with Gasteiger partial charge in [-0.15, -0.1) is 0 Å². The van der Waals surface area contributed by atoms with Gasteiger partial charge in [0.2, 0.25) is 5.91 Å². The number of aromatic nitrogens is 2. The smallest absolute Gasteiger partial charge is 0.335 e. The summed E-state index contributed by atoms with van der Waals surface area (Å²) >= 11 is 0. The van der Waals surface area contributed by atoms with Crippen molar-refractivity contribution < 1.29 is 19.4 Å². The highest BCUT2D eigenvalue weighted by Gasteiger charge is 2.15. The van der Waals surface area contributed by atoms with Crippen LogP contribution in [0.3, 0.4) is 0 Å². The van der Waals surface area contributed by atoms with Crippen molar-refractivity contribution in [3.63, 3.8) is 0 Å². The van der Waals surface area contributed by atoms with E-state index >= 15 is 0 Å². The molecule has 1 heterocycles. The molecule has 7 heteroatoms. The van der Waals surface area contributed by atoms with Gasteiger partial charge in [-0.2, -0.15) is 0 Å². The van der Waals surface area contributed by atoms with Gasteiger partial charge in [0.25, 0.3) is 0 Å². The van der Waals surface area contributed by atoms with E-state index in [1.807, 2.05) is 34.9 Å². The van der Waals surface area contributed by atoms with Gasteiger partial charge >= 0.3 is 5.97 Å². The van der Waals surface area contributed by atoms with Gasteiger partial charge in [0.1, 0.15) is 6.61 Å². The fourth-order valence-electron chi connectivity index (χ4n) is 2.81. The maximum absolute atomic E-state index is 11.9. The van der Waals surface area contributed by atoms with Crippen LogP contribution in [0, 0.1) is 0 Å². The number of hydrogen-bond donors (Lipinski definition) is 2. The highest BCUT2D eigenvalue weighted by molar-refractivity contribution is 6.04. The molecule has 26 heavy (non-hydrogen) atoms. The number of methoxy groups -OCH3 is 1. The number of nitrogens with zero attached hydrogens (tertiary/aromatic N) is 2. The number of benzene rings is 2. The Kier molecular flexibility index (Phi) is 5.28. The lowest BCUT2D eigenvalue weighted by Gasteiger charge is -2.11. The van der Waals surface area contributed by atoms with Gasteiger partial charge in [-0.1, -0.05) is 30.3 Å². The van der Waals surface area contributed by atoms with Crippen molar-refractivity contribution in [1.29, 1.82) is 0 Å². The molecule has 0 unspecified atom stereocenters. The highest BCUT2D eigenvalue weighted by Crippen LogP contribution is 2.26. The maximum atomic E-state index is 11.9. The first-order chi connectivity index (χ1) is 12.6. The first-order valence-electron chi connectivity index (χ1n) is 8.13. The second kappa shape index (κ2) is 7.79.